The van der Waals surface area contributed by atoms with E-state index in [2.05, 4.69) is 9.82 Å². The average Bonchev–Trinajstić information content (AvgIpc) is 3.56. The fourth-order valence-corrected chi connectivity index (χ4v) is 6.14. The molecule has 1 fully saturated rings. The molecule has 37 heavy (non-hydrogen) atoms. The fraction of sp³-hybridized carbons (Fsp3) is 0.370. The predicted octanol–water partition coefficient (Wildman–Crippen LogP) is 4.02. The van der Waals surface area contributed by atoms with Crippen LogP contribution in [0.1, 0.15) is 38.7 Å². The van der Waals surface area contributed by atoms with E-state index in [-0.39, 0.29) is 28.9 Å². The Morgan fingerprint density at radius 1 is 1.14 bits per heavy atom. The summed E-state index contributed by atoms with van der Waals surface area (Å²) in [5, 5.41) is 4.77. The normalized spacial score (nSPS) is 16.8. The maximum Gasteiger partial charge on any atom is 0.241 e. The molecule has 4 rings (SSSR count). The van der Waals surface area contributed by atoms with E-state index in [1.807, 2.05) is 19.9 Å². The van der Waals surface area contributed by atoms with Crippen molar-refractivity contribution in [3.8, 4) is 5.69 Å². The molecule has 1 amide bonds. The Hall–Kier alpha value is -3.01. The maximum absolute atomic E-state index is 13.7. The van der Waals surface area contributed by atoms with E-state index in [0.29, 0.717) is 36.4 Å². The molecule has 2 aromatic carbocycles. The Morgan fingerprint density at radius 3 is 2.57 bits per heavy atom. The Morgan fingerprint density at radius 2 is 1.89 bits per heavy atom. The molecule has 0 aliphatic carbocycles. The Kier molecular flexibility index (Phi) is 8.46. The molecule has 1 aliphatic heterocycles. The van der Waals surface area contributed by atoms with E-state index in [1.165, 1.54) is 12.1 Å². The largest absolute Gasteiger partial charge is 0.331 e. The van der Waals surface area contributed by atoms with Crippen molar-refractivity contribution in [1.29, 1.82) is 0 Å². The molecule has 196 valence electrons. The van der Waals surface area contributed by atoms with Crippen molar-refractivity contribution in [2.45, 2.75) is 56.5 Å². The highest BCUT2D eigenvalue weighted by molar-refractivity contribution is 7.89. The van der Waals surface area contributed by atoms with Gasteiger partial charge < -0.3 is 4.90 Å². The first-order valence-corrected chi connectivity index (χ1v) is 14.2. The predicted molar refractivity (Wildman–Crippen MR) is 142 cm³/mol. The van der Waals surface area contributed by atoms with Crippen LogP contribution in [0.5, 0.6) is 0 Å². The zero-order valence-corrected chi connectivity index (χ0v) is 22.5. The molecule has 0 unspecified atom stereocenters. The number of rotatable bonds is 10. The molecule has 2 atom stereocenters. The third-order valence-corrected chi connectivity index (χ3v) is 8.14. The zero-order valence-electron chi connectivity index (χ0n) is 20.9. The van der Waals surface area contributed by atoms with Crippen molar-refractivity contribution >= 4 is 33.3 Å². The average molecular weight is 543 g/mol. The second kappa shape index (κ2) is 11.6. The Labute approximate surface area is 222 Å². The molecule has 0 radical (unpaired) electrons. The monoisotopic (exact) mass is 542 g/mol. The highest BCUT2D eigenvalue weighted by atomic mass is 35.5. The first-order valence-electron chi connectivity index (χ1n) is 12.3. The number of sulfonamides is 1. The summed E-state index contributed by atoms with van der Waals surface area (Å²) in [6, 6.07) is 13.5. The van der Waals surface area contributed by atoms with E-state index in [0.717, 1.165) is 5.69 Å². The van der Waals surface area contributed by atoms with E-state index < -0.39 is 22.1 Å². The molecule has 1 saturated heterocycles. The van der Waals surface area contributed by atoms with Gasteiger partial charge in [-0.25, -0.2) is 13.1 Å². The maximum atomic E-state index is 13.7. The van der Waals surface area contributed by atoms with Crippen LogP contribution in [0.25, 0.3) is 5.69 Å². The SMILES string of the molecule is CC(C)C[C@@H](NS(=O)(=O)c1ccccc1)C(=O)N1CCC[C@H]1C(=O)Cc1cc(Cl)ccc1-n1cccn1. The third kappa shape index (κ3) is 6.47. The summed E-state index contributed by atoms with van der Waals surface area (Å²) in [6.45, 7) is 4.26. The van der Waals surface area contributed by atoms with Crippen LogP contribution < -0.4 is 4.72 Å². The second-order valence-electron chi connectivity index (χ2n) is 9.67. The molecule has 3 aromatic rings. The van der Waals surface area contributed by atoms with Gasteiger partial charge in [-0.15, -0.1) is 0 Å². The number of nitrogens with one attached hydrogen (secondary N) is 1. The van der Waals surface area contributed by atoms with E-state index in [4.69, 9.17) is 11.6 Å². The van der Waals surface area contributed by atoms with Crippen molar-refractivity contribution in [3.63, 3.8) is 0 Å². The number of ketones is 1. The van der Waals surface area contributed by atoms with Gasteiger partial charge in [0.25, 0.3) is 0 Å². The molecule has 0 saturated carbocycles. The van der Waals surface area contributed by atoms with Gasteiger partial charge in [0.2, 0.25) is 15.9 Å². The molecule has 8 nitrogen and oxygen atoms in total. The van der Waals surface area contributed by atoms with Crippen LogP contribution in [0.3, 0.4) is 0 Å². The van der Waals surface area contributed by atoms with Crippen molar-refractivity contribution < 1.29 is 18.0 Å². The van der Waals surface area contributed by atoms with Gasteiger partial charge in [0.1, 0.15) is 6.04 Å². The fourth-order valence-electron chi connectivity index (χ4n) is 4.73. The van der Waals surface area contributed by atoms with Crippen molar-refractivity contribution in [2.75, 3.05) is 6.54 Å². The lowest BCUT2D eigenvalue weighted by Gasteiger charge is -2.29. The summed E-state index contributed by atoms with van der Waals surface area (Å²) < 4.78 is 30.3. The van der Waals surface area contributed by atoms with Crippen LogP contribution in [0.4, 0.5) is 0 Å². The summed E-state index contributed by atoms with van der Waals surface area (Å²) in [4.78, 5) is 28.8. The van der Waals surface area contributed by atoms with E-state index in [1.54, 1.807) is 58.4 Å². The van der Waals surface area contributed by atoms with Crippen LogP contribution in [-0.2, 0) is 26.0 Å². The first kappa shape index (κ1) is 27.0. The Balaban J connectivity index is 1.55. The van der Waals surface area contributed by atoms with E-state index >= 15 is 0 Å². The number of halogens is 1. The number of likely N-dealkylation sites (tertiary alicyclic amines) is 1. The number of hydrogen-bond donors (Lipinski definition) is 1. The first-order chi connectivity index (χ1) is 17.7. The van der Waals surface area contributed by atoms with Crippen LogP contribution in [-0.4, -0.2) is 53.4 Å². The molecular formula is C27H31ClN4O4S. The molecule has 1 aromatic heterocycles. The summed E-state index contributed by atoms with van der Waals surface area (Å²) in [5.41, 5.74) is 1.45. The van der Waals surface area contributed by atoms with E-state index in [9.17, 15) is 18.0 Å². The topological polar surface area (TPSA) is 101 Å². The molecule has 2 heterocycles. The minimum atomic E-state index is -3.91. The van der Waals surface area contributed by atoms with Crippen molar-refractivity contribution in [1.82, 2.24) is 19.4 Å². The molecule has 1 aliphatic rings. The molecular weight excluding hydrogens is 512 g/mol. The van der Waals surface area contributed by atoms with Gasteiger partial charge in [0, 0.05) is 30.4 Å². The highest BCUT2D eigenvalue weighted by Crippen LogP contribution is 2.26. The van der Waals surface area contributed by atoms with Crippen LogP contribution in [0.2, 0.25) is 5.02 Å². The Bertz CT molecular complexity index is 1340. The quantitative estimate of drug-likeness (QED) is 0.417. The summed E-state index contributed by atoms with van der Waals surface area (Å²) >= 11 is 6.23. The lowest BCUT2D eigenvalue weighted by atomic mass is 9.99. The summed E-state index contributed by atoms with van der Waals surface area (Å²) in [7, 11) is -3.91. The lowest BCUT2D eigenvalue weighted by molar-refractivity contribution is -0.139. The number of Topliss-reactive ketones (excluding diaryl/α,β-unsaturated/α-hetero) is 1. The second-order valence-corrected chi connectivity index (χ2v) is 11.8. The molecule has 0 bridgehead atoms. The van der Waals surface area contributed by atoms with Gasteiger partial charge in [0.05, 0.1) is 16.6 Å². The number of hydrogen-bond acceptors (Lipinski definition) is 5. The van der Waals surface area contributed by atoms with Gasteiger partial charge in [-0.05, 0) is 67.1 Å². The van der Waals surface area contributed by atoms with Gasteiger partial charge in [0.15, 0.2) is 5.78 Å². The van der Waals surface area contributed by atoms with Gasteiger partial charge in [-0.3, -0.25) is 9.59 Å². The minimum absolute atomic E-state index is 0.0623. The van der Waals surface area contributed by atoms with Crippen molar-refractivity contribution in [3.05, 3.63) is 77.6 Å². The van der Waals surface area contributed by atoms with Gasteiger partial charge in [-0.2, -0.15) is 9.82 Å². The van der Waals surface area contributed by atoms with Crippen LogP contribution >= 0.6 is 11.6 Å². The summed E-state index contributed by atoms with van der Waals surface area (Å²) in [5.74, 6) is -0.426. The highest BCUT2D eigenvalue weighted by Gasteiger charge is 2.38. The van der Waals surface area contributed by atoms with Crippen LogP contribution in [0.15, 0.2) is 71.9 Å². The summed E-state index contributed by atoms with van der Waals surface area (Å²) in [6.07, 6.45) is 5.04. The van der Waals surface area contributed by atoms with Crippen LogP contribution in [0, 0.1) is 5.92 Å². The number of carbonyl (C=O) groups is 2. The number of nitrogens with zero attached hydrogens (tertiary/aromatic N) is 3. The van der Waals surface area contributed by atoms with Crippen molar-refractivity contribution in [2.24, 2.45) is 5.92 Å². The third-order valence-electron chi connectivity index (χ3n) is 6.42. The van der Waals surface area contributed by atoms with Gasteiger partial charge >= 0.3 is 0 Å². The smallest absolute Gasteiger partial charge is 0.241 e. The number of benzene rings is 2. The number of carbonyl (C=O) groups excluding carboxylic acids is 2. The molecule has 1 N–H and O–H groups in total. The standard InChI is InChI=1S/C27H31ClN4O4S/c1-19(2)16-23(30-37(35,36)22-8-4-3-5-9-22)27(34)31-14-6-10-25(31)26(33)18-20-17-21(28)11-12-24(20)32-15-7-13-29-32/h3-5,7-9,11-13,15,17,19,23,25,30H,6,10,14,16,18H2,1-2H3/t23-,25+/m1/s1. The number of amides is 1. The zero-order chi connectivity index (χ0) is 26.6. The lowest BCUT2D eigenvalue weighted by Crippen LogP contribution is -2.52. The minimum Gasteiger partial charge on any atom is -0.331 e. The molecule has 10 heteroatoms. The number of aromatic nitrogens is 2. The van der Waals surface area contributed by atoms with Gasteiger partial charge in [-0.1, -0.05) is 43.6 Å². The molecule has 0 spiro atoms.